The number of aryl methyl sites for hydroxylation is 2. The summed E-state index contributed by atoms with van der Waals surface area (Å²) in [6.07, 6.45) is 2.82. The van der Waals surface area contributed by atoms with Crippen LogP contribution >= 0.6 is 0 Å². The van der Waals surface area contributed by atoms with E-state index in [4.69, 9.17) is 0 Å². The summed E-state index contributed by atoms with van der Waals surface area (Å²) in [7, 11) is -3.58. The summed E-state index contributed by atoms with van der Waals surface area (Å²) in [6, 6.07) is 11.3. The molecule has 1 N–H and O–H groups in total. The van der Waals surface area contributed by atoms with Gasteiger partial charge >= 0.3 is 0 Å². The number of aromatic nitrogens is 2. The highest BCUT2D eigenvalue weighted by Gasteiger charge is 2.31. The lowest BCUT2D eigenvalue weighted by Crippen LogP contribution is -2.36. The molecule has 1 aliphatic heterocycles. The number of piperidine rings is 1. The second kappa shape index (κ2) is 9.68. The third-order valence-corrected chi connectivity index (χ3v) is 8.36. The topological polar surface area (TPSA) is 84.3 Å². The van der Waals surface area contributed by atoms with E-state index in [2.05, 4.69) is 10.4 Å². The molecule has 1 saturated heterocycles. The summed E-state index contributed by atoms with van der Waals surface area (Å²) in [5.74, 6) is -0.641. The van der Waals surface area contributed by atoms with Gasteiger partial charge in [-0.2, -0.15) is 9.40 Å². The fourth-order valence-corrected chi connectivity index (χ4v) is 6.23. The molecule has 0 atom stereocenters. The van der Waals surface area contributed by atoms with Crippen molar-refractivity contribution in [1.29, 1.82) is 0 Å². The SMILES string of the molecule is Cc1cc(F)ccc1NC(=O)c1ccc(Cn2nc(C)c(S(=O)(=O)N3CCCCC3)c2C)cc1. The molecule has 7 nitrogen and oxygen atoms in total. The van der Waals surface area contributed by atoms with Crippen molar-refractivity contribution < 1.29 is 17.6 Å². The number of nitrogens with zero attached hydrogens (tertiary/aromatic N) is 3. The van der Waals surface area contributed by atoms with E-state index in [9.17, 15) is 17.6 Å². The van der Waals surface area contributed by atoms with Gasteiger partial charge in [0.2, 0.25) is 10.0 Å². The van der Waals surface area contributed by atoms with Gasteiger partial charge in [-0.05, 0) is 75.1 Å². The molecular weight excluding hydrogens is 455 g/mol. The molecule has 180 valence electrons. The number of hydrogen-bond donors (Lipinski definition) is 1. The lowest BCUT2D eigenvalue weighted by molar-refractivity contribution is 0.102. The number of amides is 1. The zero-order chi connectivity index (χ0) is 24.5. The van der Waals surface area contributed by atoms with Crippen LogP contribution in [0.1, 0.15) is 52.1 Å². The zero-order valence-corrected chi connectivity index (χ0v) is 20.5. The van der Waals surface area contributed by atoms with Crippen LogP contribution in [0.25, 0.3) is 0 Å². The maximum Gasteiger partial charge on any atom is 0.255 e. The lowest BCUT2D eigenvalue weighted by atomic mass is 10.1. The van der Waals surface area contributed by atoms with Gasteiger partial charge in [-0.15, -0.1) is 0 Å². The van der Waals surface area contributed by atoms with Crippen molar-refractivity contribution in [3.8, 4) is 0 Å². The van der Waals surface area contributed by atoms with Crippen LogP contribution < -0.4 is 5.32 Å². The van der Waals surface area contributed by atoms with E-state index in [1.807, 2.05) is 12.1 Å². The predicted molar refractivity (Wildman–Crippen MR) is 129 cm³/mol. The molecule has 1 fully saturated rings. The second-order valence-electron chi connectivity index (χ2n) is 8.73. The molecule has 1 aliphatic rings. The molecule has 3 aromatic rings. The number of anilines is 1. The van der Waals surface area contributed by atoms with E-state index in [-0.39, 0.29) is 11.7 Å². The van der Waals surface area contributed by atoms with Crippen LogP contribution in [-0.2, 0) is 16.6 Å². The average molecular weight is 485 g/mol. The van der Waals surface area contributed by atoms with Gasteiger partial charge < -0.3 is 5.32 Å². The molecule has 0 aliphatic carbocycles. The van der Waals surface area contributed by atoms with Crippen molar-refractivity contribution in [3.05, 3.63) is 76.4 Å². The average Bonchev–Trinajstić information content (AvgIpc) is 3.10. The summed E-state index contributed by atoms with van der Waals surface area (Å²) in [4.78, 5) is 12.9. The number of carbonyl (C=O) groups is 1. The Labute approximate surface area is 199 Å². The molecule has 4 rings (SSSR count). The number of carbonyl (C=O) groups excluding carboxylic acids is 1. The Hall–Kier alpha value is -3.04. The smallest absolute Gasteiger partial charge is 0.255 e. The molecule has 1 aromatic heterocycles. The van der Waals surface area contributed by atoms with E-state index in [0.29, 0.717) is 52.7 Å². The largest absolute Gasteiger partial charge is 0.322 e. The van der Waals surface area contributed by atoms with Crippen molar-refractivity contribution in [3.63, 3.8) is 0 Å². The highest BCUT2D eigenvalue weighted by molar-refractivity contribution is 7.89. The Morgan fingerprint density at radius 3 is 2.35 bits per heavy atom. The van der Waals surface area contributed by atoms with Gasteiger partial charge in [0.1, 0.15) is 10.7 Å². The third-order valence-electron chi connectivity index (χ3n) is 6.21. The van der Waals surface area contributed by atoms with Crippen LogP contribution in [0, 0.1) is 26.6 Å². The number of sulfonamides is 1. The standard InChI is InChI=1S/C25H29FN4O3S/c1-17-15-22(26)11-12-23(17)27-25(31)21-9-7-20(8-10-21)16-30-19(3)24(18(2)28-30)34(32,33)29-13-5-4-6-14-29/h7-12,15H,4-6,13-14,16H2,1-3H3,(H,27,31). The normalized spacial score (nSPS) is 14.8. The molecule has 1 amide bonds. The summed E-state index contributed by atoms with van der Waals surface area (Å²) in [5, 5.41) is 7.29. The summed E-state index contributed by atoms with van der Waals surface area (Å²) in [6.45, 7) is 6.73. The molecule has 0 unspecified atom stereocenters. The van der Waals surface area contributed by atoms with Gasteiger partial charge in [0, 0.05) is 24.3 Å². The van der Waals surface area contributed by atoms with Gasteiger partial charge in [-0.3, -0.25) is 9.48 Å². The molecule has 0 saturated carbocycles. The molecule has 9 heteroatoms. The first kappa shape index (κ1) is 24.1. The molecule has 0 radical (unpaired) electrons. The van der Waals surface area contributed by atoms with E-state index in [1.54, 1.807) is 41.9 Å². The Morgan fingerprint density at radius 1 is 1.03 bits per heavy atom. The summed E-state index contributed by atoms with van der Waals surface area (Å²) < 4.78 is 43.0. The number of nitrogens with one attached hydrogen (secondary N) is 1. The maximum atomic E-state index is 13.3. The Balaban J connectivity index is 1.49. The molecule has 0 bridgehead atoms. The van der Waals surface area contributed by atoms with E-state index < -0.39 is 10.0 Å². The van der Waals surface area contributed by atoms with Crippen LogP contribution in [0.2, 0.25) is 0 Å². The van der Waals surface area contributed by atoms with Crippen molar-refractivity contribution in [1.82, 2.24) is 14.1 Å². The highest BCUT2D eigenvalue weighted by atomic mass is 32.2. The van der Waals surface area contributed by atoms with Crippen LogP contribution in [0.15, 0.2) is 47.4 Å². The minimum absolute atomic E-state index is 0.290. The Morgan fingerprint density at radius 2 is 1.71 bits per heavy atom. The van der Waals surface area contributed by atoms with Crippen molar-refractivity contribution in [2.24, 2.45) is 0 Å². The van der Waals surface area contributed by atoms with Crippen molar-refractivity contribution >= 4 is 21.6 Å². The summed E-state index contributed by atoms with van der Waals surface area (Å²) in [5.41, 5.74) is 3.66. The third kappa shape index (κ3) is 4.90. The number of halogens is 1. The van der Waals surface area contributed by atoms with Crippen LogP contribution in [-0.4, -0.2) is 41.5 Å². The van der Waals surface area contributed by atoms with Crippen LogP contribution in [0.4, 0.5) is 10.1 Å². The van der Waals surface area contributed by atoms with Gasteiger partial charge in [0.25, 0.3) is 5.91 Å². The first-order valence-electron chi connectivity index (χ1n) is 11.4. The van der Waals surface area contributed by atoms with E-state index in [0.717, 1.165) is 24.8 Å². The summed E-state index contributed by atoms with van der Waals surface area (Å²) >= 11 is 0. The Bertz CT molecular complexity index is 1310. The van der Waals surface area contributed by atoms with Gasteiger partial charge in [0.15, 0.2) is 0 Å². The minimum Gasteiger partial charge on any atom is -0.322 e. The second-order valence-corrected chi connectivity index (χ2v) is 10.6. The molecule has 34 heavy (non-hydrogen) atoms. The predicted octanol–water partition coefficient (Wildman–Crippen LogP) is 4.42. The first-order valence-corrected chi connectivity index (χ1v) is 12.8. The lowest BCUT2D eigenvalue weighted by Gasteiger charge is -2.26. The molecular formula is C25H29FN4O3S. The van der Waals surface area contributed by atoms with Crippen LogP contribution in [0.5, 0.6) is 0 Å². The Kier molecular flexibility index (Phi) is 6.86. The van der Waals surface area contributed by atoms with E-state index >= 15 is 0 Å². The number of rotatable bonds is 6. The molecule has 2 heterocycles. The van der Waals surface area contributed by atoms with Gasteiger partial charge in [-0.25, -0.2) is 12.8 Å². The molecule has 2 aromatic carbocycles. The van der Waals surface area contributed by atoms with Crippen molar-refractivity contribution in [2.45, 2.75) is 51.5 Å². The highest BCUT2D eigenvalue weighted by Crippen LogP contribution is 2.26. The monoisotopic (exact) mass is 484 g/mol. The van der Waals surface area contributed by atoms with E-state index in [1.165, 1.54) is 18.2 Å². The fourth-order valence-electron chi connectivity index (χ4n) is 4.34. The van der Waals surface area contributed by atoms with Gasteiger partial charge in [0.05, 0.1) is 17.9 Å². The zero-order valence-electron chi connectivity index (χ0n) is 19.6. The number of hydrogen-bond acceptors (Lipinski definition) is 4. The van der Waals surface area contributed by atoms with Gasteiger partial charge in [-0.1, -0.05) is 18.6 Å². The van der Waals surface area contributed by atoms with Crippen LogP contribution in [0.3, 0.4) is 0 Å². The van der Waals surface area contributed by atoms with Crippen molar-refractivity contribution in [2.75, 3.05) is 18.4 Å². The fraction of sp³-hybridized carbons (Fsp3) is 0.360. The molecule has 0 spiro atoms. The maximum absolute atomic E-state index is 13.3. The first-order chi connectivity index (χ1) is 16.2. The minimum atomic E-state index is -3.58. The quantitative estimate of drug-likeness (QED) is 0.561. The number of benzene rings is 2.